The van der Waals surface area contributed by atoms with Crippen LogP contribution in [0.4, 0.5) is 5.69 Å². The fraction of sp³-hybridized carbons (Fsp3) is 0.273. The quantitative estimate of drug-likeness (QED) is 0.790. The number of hydrogen-bond acceptors (Lipinski definition) is 5. The molecule has 2 rings (SSSR count). The van der Waals surface area contributed by atoms with E-state index in [2.05, 4.69) is 20.6 Å². The van der Waals surface area contributed by atoms with Gasteiger partial charge in [0.1, 0.15) is 0 Å². The van der Waals surface area contributed by atoms with E-state index in [1.807, 2.05) is 0 Å². The predicted octanol–water partition coefficient (Wildman–Crippen LogP) is -0.00628. The zero-order chi connectivity index (χ0) is 13.0. The second-order valence-electron chi connectivity index (χ2n) is 3.82. The van der Waals surface area contributed by atoms with E-state index in [0.717, 1.165) is 0 Å². The molecule has 94 valence electrons. The zero-order valence-electron chi connectivity index (χ0n) is 10.00. The minimum atomic E-state index is -0.188. The maximum absolute atomic E-state index is 11.9. The molecule has 0 aliphatic carbocycles. The molecular weight excluding hydrogens is 232 g/mol. The van der Waals surface area contributed by atoms with Crippen molar-refractivity contribution < 1.29 is 4.79 Å². The Morgan fingerprint density at radius 3 is 3.11 bits per heavy atom. The summed E-state index contributed by atoms with van der Waals surface area (Å²) in [6.07, 6.45) is 4.86. The first-order chi connectivity index (χ1) is 8.66. The van der Waals surface area contributed by atoms with Gasteiger partial charge in [0.15, 0.2) is 0 Å². The van der Waals surface area contributed by atoms with Crippen LogP contribution in [0.25, 0.3) is 0 Å². The minimum Gasteiger partial charge on any atom is -0.397 e. The van der Waals surface area contributed by atoms with Crippen molar-refractivity contribution in [2.24, 2.45) is 0 Å². The third-order valence-electron chi connectivity index (χ3n) is 2.45. The highest BCUT2D eigenvalue weighted by atomic mass is 16.1. The Labute approximate surface area is 104 Å². The van der Waals surface area contributed by atoms with Crippen LogP contribution in [0.5, 0.6) is 0 Å². The lowest BCUT2D eigenvalue weighted by atomic mass is 10.2. The van der Waals surface area contributed by atoms with Crippen molar-refractivity contribution in [1.29, 1.82) is 0 Å². The van der Waals surface area contributed by atoms with Gasteiger partial charge in [-0.2, -0.15) is 0 Å². The normalized spacial score (nSPS) is 10.3. The molecule has 0 fully saturated rings. The number of hydrogen-bond donors (Lipinski definition) is 2. The molecule has 0 aliphatic heterocycles. The van der Waals surface area contributed by atoms with Crippen LogP contribution >= 0.6 is 0 Å². The molecule has 2 aromatic rings. The first-order valence-electron chi connectivity index (χ1n) is 5.51. The maximum Gasteiger partial charge on any atom is 0.253 e. The summed E-state index contributed by atoms with van der Waals surface area (Å²) in [6.45, 7) is 2.81. The Bertz CT molecular complexity index is 536. The summed E-state index contributed by atoms with van der Waals surface area (Å²) in [5, 5.41) is 10.3. The van der Waals surface area contributed by atoms with Crippen LogP contribution in [0.1, 0.15) is 16.1 Å². The Balaban J connectivity index is 1.93. The van der Waals surface area contributed by atoms with Gasteiger partial charge in [-0.3, -0.25) is 14.5 Å². The minimum absolute atomic E-state index is 0.188. The zero-order valence-corrected chi connectivity index (χ0v) is 10.00. The van der Waals surface area contributed by atoms with Gasteiger partial charge in [-0.15, -0.1) is 5.10 Å². The average Bonchev–Trinajstić information content (AvgIpc) is 2.85. The summed E-state index contributed by atoms with van der Waals surface area (Å²) in [4.78, 5) is 15.9. The van der Waals surface area contributed by atoms with Crippen LogP contribution in [0.3, 0.4) is 0 Å². The Hall–Kier alpha value is -2.44. The van der Waals surface area contributed by atoms with Gasteiger partial charge in [0.2, 0.25) is 0 Å². The summed E-state index contributed by atoms with van der Waals surface area (Å²) in [5.41, 5.74) is 7.23. The first-order valence-corrected chi connectivity index (χ1v) is 5.51. The molecule has 2 aromatic heterocycles. The van der Waals surface area contributed by atoms with Crippen molar-refractivity contribution in [1.82, 2.24) is 25.3 Å². The maximum atomic E-state index is 11.9. The molecule has 1 amide bonds. The molecule has 2 heterocycles. The lowest BCUT2D eigenvalue weighted by Gasteiger charge is -2.07. The Morgan fingerprint density at radius 1 is 1.56 bits per heavy atom. The van der Waals surface area contributed by atoms with Gasteiger partial charge >= 0.3 is 0 Å². The van der Waals surface area contributed by atoms with Crippen molar-refractivity contribution in [3.8, 4) is 0 Å². The molecule has 0 unspecified atom stereocenters. The summed E-state index contributed by atoms with van der Waals surface area (Å²) < 4.78 is 1.64. The standard InChI is InChI=1S/C11H14N6O/c1-8-10(6-9(12)7-14-8)11(18)13-2-4-17-5-3-15-16-17/h3,5-7H,2,4,12H2,1H3,(H,13,18). The largest absolute Gasteiger partial charge is 0.397 e. The number of pyridine rings is 1. The van der Waals surface area contributed by atoms with Gasteiger partial charge in [-0.1, -0.05) is 5.21 Å². The number of aryl methyl sites for hydroxylation is 1. The van der Waals surface area contributed by atoms with Crippen molar-refractivity contribution in [2.75, 3.05) is 12.3 Å². The number of nitrogens with two attached hydrogens (primary N) is 1. The van der Waals surface area contributed by atoms with E-state index in [4.69, 9.17) is 5.73 Å². The highest BCUT2D eigenvalue weighted by Crippen LogP contribution is 2.08. The summed E-state index contributed by atoms with van der Waals surface area (Å²) in [7, 11) is 0. The highest BCUT2D eigenvalue weighted by molar-refractivity contribution is 5.95. The number of carbonyl (C=O) groups is 1. The van der Waals surface area contributed by atoms with Gasteiger partial charge in [0.25, 0.3) is 5.91 Å². The molecule has 0 saturated heterocycles. The van der Waals surface area contributed by atoms with E-state index in [1.54, 1.807) is 30.1 Å². The highest BCUT2D eigenvalue weighted by Gasteiger charge is 2.09. The number of aromatic nitrogens is 4. The Morgan fingerprint density at radius 2 is 2.39 bits per heavy atom. The topological polar surface area (TPSA) is 98.7 Å². The van der Waals surface area contributed by atoms with E-state index in [1.165, 1.54) is 6.20 Å². The van der Waals surface area contributed by atoms with E-state index in [9.17, 15) is 4.79 Å². The summed E-state index contributed by atoms with van der Waals surface area (Å²) >= 11 is 0. The van der Waals surface area contributed by atoms with Crippen LogP contribution < -0.4 is 11.1 Å². The smallest absolute Gasteiger partial charge is 0.253 e. The number of nitrogens with one attached hydrogen (secondary N) is 1. The fourth-order valence-electron chi connectivity index (χ4n) is 1.51. The van der Waals surface area contributed by atoms with Gasteiger partial charge in [0, 0.05) is 12.7 Å². The monoisotopic (exact) mass is 246 g/mol. The number of nitrogen functional groups attached to an aromatic ring is 1. The van der Waals surface area contributed by atoms with Gasteiger partial charge in [-0.05, 0) is 13.0 Å². The lowest BCUT2D eigenvalue weighted by Crippen LogP contribution is -2.28. The van der Waals surface area contributed by atoms with Gasteiger partial charge in [0.05, 0.1) is 35.9 Å². The lowest BCUT2D eigenvalue weighted by molar-refractivity contribution is 0.0951. The predicted molar refractivity (Wildman–Crippen MR) is 65.7 cm³/mol. The molecule has 7 heteroatoms. The number of anilines is 1. The van der Waals surface area contributed by atoms with E-state index >= 15 is 0 Å². The molecule has 0 saturated carbocycles. The third-order valence-corrected chi connectivity index (χ3v) is 2.45. The number of carbonyl (C=O) groups excluding carboxylic acids is 1. The van der Waals surface area contributed by atoms with E-state index < -0.39 is 0 Å². The SMILES string of the molecule is Cc1ncc(N)cc1C(=O)NCCn1ccnn1. The molecule has 0 radical (unpaired) electrons. The van der Waals surface area contributed by atoms with Crippen LogP contribution in [0.15, 0.2) is 24.7 Å². The van der Waals surface area contributed by atoms with Gasteiger partial charge in [-0.25, -0.2) is 0 Å². The average molecular weight is 246 g/mol. The molecule has 0 atom stereocenters. The fourth-order valence-corrected chi connectivity index (χ4v) is 1.51. The molecule has 18 heavy (non-hydrogen) atoms. The second kappa shape index (κ2) is 5.26. The van der Waals surface area contributed by atoms with Crippen LogP contribution in [0, 0.1) is 6.92 Å². The second-order valence-corrected chi connectivity index (χ2v) is 3.82. The number of amides is 1. The molecule has 7 nitrogen and oxygen atoms in total. The molecule has 0 aliphatic rings. The van der Waals surface area contributed by atoms with Crippen molar-refractivity contribution in [3.63, 3.8) is 0 Å². The van der Waals surface area contributed by atoms with Crippen LogP contribution in [-0.2, 0) is 6.54 Å². The molecular formula is C11H14N6O. The summed E-state index contributed by atoms with van der Waals surface area (Å²) in [5.74, 6) is -0.188. The van der Waals surface area contributed by atoms with Crippen LogP contribution in [0.2, 0.25) is 0 Å². The summed E-state index contributed by atoms with van der Waals surface area (Å²) in [6, 6.07) is 1.62. The van der Waals surface area contributed by atoms with Gasteiger partial charge < -0.3 is 11.1 Å². The first kappa shape index (κ1) is 12.0. The van der Waals surface area contributed by atoms with E-state index in [0.29, 0.717) is 30.0 Å². The molecule has 3 N–H and O–H groups in total. The Kier molecular flexibility index (Phi) is 3.52. The number of rotatable bonds is 4. The van der Waals surface area contributed by atoms with E-state index in [-0.39, 0.29) is 5.91 Å². The van der Waals surface area contributed by atoms with Crippen molar-refractivity contribution in [2.45, 2.75) is 13.5 Å². The molecule has 0 spiro atoms. The third kappa shape index (κ3) is 2.82. The number of nitrogens with zero attached hydrogens (tertiary/aromatic N) is 4. The van der Waals surface area contributed by atoms with Crippen molar-refractivity contribution >= 4 is 11.6 Å². The molecule has 0 aromatic carbocycles. The molecule has 0 bridgehead atoms. The van der Waals surface area contributed by atoms with Crippen molar-refractivity contribution in [3.05, 3.63) is 35.9 Å². The van der Waals surface area contributed by atoms with Crippen LogP contribution in [-0.4, -0.2) is 32.4 Å².